The average molecular weight is 307 g/mol. The second-order valence-electron chi connectivity index (χ2n) is 5.62. The van der Waals surface area contributed by atoms with Gasteiger partial charge in [0.05, 0.1) is 0 Å². The summed E-state index contributed by atoms with van der Waals surface area (Å²) in [6, 6.07) is 6.69. The van der Waals surface area contributed by atoms with E-state index in [1.807, 2.05) is 24.2 Å². The van der Waals surface area contributed by atoms with Gasteiger partial charge in [-0.1, -0.05) is 26.0 Å². The molecule has 0 amide bonds. The maximum atomic E-state index is 13.2. The van der Waals surface area contributed by atoms with Crippen molar-refractivity contribution in [2.45, 2.75) is 26.9 Å². The van der Waals surface area contributed by atoms with Crippen molar-refractivity contribution in [3.05, 3.63) is 46.7 Å². The van der Waals surface area contributed by atoms with E-state index in [0.717, 1.165) is 23.8 Å². The van der Waals surface area contributed by atoms with Gasteiger partial charge in [-0.05, 0) is 30.2 Å². The van der Waals surface area contributed by atoms with E-state index >= 15 is 0 Å². The number of nitrogens with one attached hydrogen (secondary N) is 1. The molecule has 3 nitrogen and oxygen atoms in total. The largest absolute Gasteiger partial charge is 0.347 e. The van der Waals surface area contributed by atoms with Crippen LogP contribution in [0, 0.1) is 11.7 Å². The van der Waals surface area contributed by atoms with Crippen LogP contribution in [0.25, 0.3) is 0 Å². The van der Waals surface area contributed by atoms with Gasteiger partial charge in [-0.25, -0.2) is 9.37 Å². The van der Waals surface area contributed by atoms with Crippen LogP contribution in [0.1, 0.15) is 24.3 Å². The van der Waals surface area contributed by atoms with Gasteiger partial charge >= 0.3 is 0 Å². The summed E-state index contributed by atoms with van der Waals surface area (Å²) in [4.78, 5) is 7.71. The molecule has 0 saturated heterocycles. The third kappa shape index (κ3) is 5.10. The highest BCUT2D eigenvalue weighted by Crippen LogP contribution is 2.23. The number of halogens is 1. The average Bonchev–Trinajstić information content (AvgIpc) is 2.87. The molecule has 2 aromatic rings. The zero-order chi connectivity index (χ0) is 15.2. The lowest BCUT2D eigenvalue weighted by molar-refractivity contribution is 0.554. The Morgan fingerprint density at radius 2 is 2.19 bits per heavy atom. The normalized spacial score (nSPS) is 11.1. The molecule has 0 fully saturated rings. The van der Waals surface area contributed by atoms with Crippen molar-refractivity contribution in [2.24, 2.45) is 5.92 Å². The molecule has 0 aliphatic heterocycles. The number of thiazole rings is 1. The minimum Gasteiger partial charge on any atom is -0.347 e. The fourth-order valence-corrected chi connectivity index (χ4v) is 2.86. The third-order valence-electron chi connectivity index (χ3n) is 3.03. The lowest BCUT2D eigenvalue weighted by atomic mass is 10.2. The lowest BCUT2D eigenvalue weighted by Crippen LogP contribution is -2.18. The van der Waals surface area contributed by atoms with Crippen LogP contribution in [0.15, 0.2) is 30.5 Å². The fourth-order valence-electron chi connectivity index (χ4n) is 2.02. The molecule has 1 aromatic carbocycles. The molecule has 0 unspecified atom stereocenters. The number of nitrogens with zero attached hydrogens (tertiary/aromatic N) is 2. The summed E-state index contributed by atoms with van der Waals surface area (Å²) in [6.07, 6.45) is 1.91. The highest BCUT2D eigenvalue weighted by Gasteiger charge is 2.08. The topological polar surface area (TPSA) is 28.2 Å². The molecule has 0 bridgehead atoms. The van der Waals surface area contributed by atoms with Crippen molar-refractivity contribution >= 4 is 16.5 Å². The van der Waals surface area contributed by atoms with E-state index in [2.05, 4.69) is 24.1 Å². The van der Waals surface area contributed by atoms with E-state index in [9.17, 15) is 4.39 Å². The summed E-state index contributed by atoms with van der Waals surface area (Å²) in [7, 11) is 1.98. The number of rotatable bonds is 7. The van der Waals surface area contributed by atoms with Crippen LogP contribution < -0.4 is 10.2 Å². The fraction of sp³-hybridized carbons (Fsp3) is 0.438. The Morgan fingerprint density at radius 1 is 1.38 bits per heavy atom. The molecule has 5 heteroatoms. The van der Waals surface area contributed by atoms with Crippen molar-refractivity contribution in [2.75, 3.05) is 18.5 Å². The van der Waals surface area contributed by atoms with E-state index < -0.39 is 0 Å². The van der Waals surface area contributed by atoms with Gasteiger partial charge in [0.2, 0.25) is 0 Å². The quantitative estimate of drug-likeness (QED) is 0.846. The Labute approximate surface area is 129 Å². The number of hydrogen-bond acceptors (Lipinski definition) is 4. The number of hydrogen-bond donors (Lipinski definition) is 1. The van der Waals surface area contributed by atoms with Crippen LogP contribution in [-0.2, 0) is 13.1 Å². The molecule has 1 heterocycles. The second kappa shape index (κ2) is 7.52. The van der Waals surface area contributed by atoms with E-state index in [-0.39, 0.29) is 5.82 Å². The molecule has 2 rings (SSSR count). The molecular formula is C16H22FN3S. The Hall–Kier alpha value is -1.46. The van der Waals surface area contributed by atoms with Gasteiger partial charge in [0, 0.05) is 31.2 Å². The summed E-state index contributed by atoms with van der Waals surface area (Å²) in [5, 5.41) is 4.37. The predicted molar refractivity (Wildman–Crippen MR) is 87.2 cm³/mol. The minimum atomic E-state index is -0.196. The van der Waals surface area contributed by atoms with E-state index in [1.54, 1.807) is 23.5 Å². The van der Waals surface area contributed by atoms with Crippen LogP contribution in [0.4, 0.5) is 9.52 Å². The van der Waals surface area contributed by atoms with Gasteiger partial charge in [-0.3, -0.25) is 0 Å². The SMILES string of the molecule is CC(C)CNCc1cnc(N(C)Cc2cccc(F)c2)s1. The maximum absolute atomic E-state index is 13.2. The van der Waals surface area contributed by atoms with Crippen molar-refractivity contribution in [3.8, 4) is 0 Å². The summed E-state index contributed by atoms with van der Waals surface area (Å²) in [5.41, 5.74) is 0.951. The van der Waals surface area contributed by atoms with Gasteiger partial charge in [0.25, 0.3) is 0 Å². The van der Waals surface area contributed by atoms with Crippen molar-refractivity contribution in [1.82, 2.24) is 10.3 Å². The lowest BCUT2D eigenvalue weighted by Gasteiger charge is -2.15. The summed E-state index contributed by atoms with van der Waals surface area (Å²) < 4.78 is 13.2. The molecule has 1 aromatic heterocycles. The first kappa shape index (κ1) is 15.9. The molecular weight excluding hydrogens is 285 g/mol. The van der Waals surface area contributed by atoms with Crippen LogP contribution in [0.2, 0.25) is 0 Å². The van der Waals surface area contributed by atoms with Crippen molar-refractivity contribution < 1.29 is 4.39 Å². The van der Waals surface area contributed by atoms with Gasteiger partial charge in [0.1, 0.15) is 5.82 Å². The molecule has 0 saturated carbocycles. The monoisotopic (exact) mass is 307 g/mol. The minimum absolute atomic E-state index is 0.196. The van der Waals surface area contributed by atoms with Gasteiger partial charge in [0.15, 0.2) is 5.13 Å². The van der Waals surface area contributed by atoms with Gasteiger partial charge in [-0.2, -0.15) is 0 Å². The summed E-state index contributed by atoms with van der Waals surface area (Å²) in [5.74, 6) is 0.451. The van der Waals surface area contributed by atoms with Crippen LogP contribution in [0.3, 0.4) is 0 Å². The van der Waals surface area contributed by atoms with E-state index in [0.29, 0.717) is 12.5 Å². The molecule has 0 spiro atoms. The first-order chi connectivity index (χ1) is 10.0. The van der Waals surface area contributed by atoms with Gasteiger partial charge < -0.3 is 10.2 Å². The van der Waals surface area contributed by atoms with E-state index in [4.69, 9.17) is 0 Å². The highest BCUT2D eigenvalue weighted by molar-refractivity contribution is 7.15. The van der Waals surface area contributed by atoms with Crippen molar-refractivity contribution in [1.29, 1.82) is 0 Å². The third-order valence-corrected chi connectivity index (χ3v) is 4.14. The molecule has 0 atom stereocenters. The van der Waals surface area contributed by atoms with Crippen LogP contribution in [-0.4, -0.2) is 18.6 Å². The highest BCUT2D eigenvalue weighted by atomic mass is 32.1. The second-order valence-corrected chi connectivity index (χ2v) is 6.71. The van der Waals surface area contributed by atoms with Crippen LogP contribution in [0.5, 0.6) is 0 Å². The molecule has 0 aliphatic rings. The standard InChI is InChI=1S/C16H22FN3S/c1-12(2)8-18-9-15-10-19-16(21-15)20(3)11-13-5-4-6-14(17)7-13/h4-7,10,12,18H,8-9,11H2,1-3H3. The number of aromatic nitrogens is 1. The predicted octanol–water partition coefficient (Wildman–Crippen LogP) is 3.66. The Bertz CT molecular complexity index is 568. The molecule has 0 radical (unpaired) electrons. The molecule has 1 N–H and O–H groups in total. The molecule has 114 valence electrons. The van der Waals surface area contributed by atoms with Gasteiger partial charge in [-0.15, -0.1) is 11.3 Å². The van der Waals surface area contributed by atoms with Crippen LogP contribution >= 0.6 is 11.3 Å². The number of benzene rings is 1. The summed E-state index contributed by atoms with van der Waals surface area (Å²) in [6.45, 7) is 6.90. The smallest absolute Gasteiger partial charge is 0.185 e. The zero-order valence-electron chi connectivity index (χ0n) is 12.8. The van der Waals surface area contributed by atoms with E-state index in [1.165, 1.54) is 10.9 Å². The zero-order valence-corrected chi connectivity index (χ0v) is 13.6. The maximum Gasteiger partial charge on any atom is 0.185 e. The number of anilines is 1. The first-order valence-corrected chi connectivity index (χ1v) is 7.97. The Morgan fingerprint density at radius 3 is 2.90 bits per heavy atom. The van der Waals surface area contributed by atoms with Crippen molar-refractivity contribution in [3.63, 3.8) is 0 Å². The first-order valence-electron chi connectivity index (χ1n) is 7.15. The Kier molecular flexibility index (Phi) is 5.70. The summed E-state index contributed by atoms with van der Waals surface area (Å²) >= 11 is 1.67. The molecule has 0 aliphatic carbocycles. The Balaban J connectivity index is 1.91. The molecule has 21 heavy (non-hydrogen) atoms.